The number of hydrogen-bond donors (Lipinski definition) is 0. The van der Waals surface area contributed by atoms with Crippen molar-refractivity contribution in [3.63, 3.8) is 0 Å². The molecule has 0 N–H and O–H groups in total. The van der Waals surface area contributed by atoms with Crippen LogP contribution in [0.2, 0.25) is 0 Å². The van der Waals surface area contributed by atoms with Gasteiger partial charge in [-0.15, -0.1) is 0 Å². The number of fused-ring (bicyclic) bond motifs is 1. The standard InChI is InChI=1S/C11H10N2O2/c1-13-4-3-8-5-11(15-2)9(12-7-14)6-10(8)13/h3-6H,1-2H3. The SMILES string of the molecule is COc1cc2ccn(C)c2cc1N=C=O. The van der Waals surface area contributed by atoms with Gasteiger partial charge in [0.05, 0.1) is 12.6 Å². The fourth-order valence-electron chi connectivity index (χ4n) is 1.58. The van der Waals surface area contributed by atoms with Gasteiger partial charge in [0.15, 0.2) is 0 Å². The van der Waals surface area contributed by atoms with Crippen LogP contribution in [-0.2, 0) is 11.8 Å². The van der Waals surface area contributed by atoms with E-state index in [9.17, 15) is 4.79 Å². The molecular formula is C11H10N2O2. The maximum absolute atomic E-state index is 10.2. The molecule has 0 saturated heterocycles. The van der Waals surface area contributed by atoms with Gasteiger partial charge in [-0.2, -0.15) is 4.99 Å². The molecule has 0 unspecified atom stereocenters. The summed E-state index contributed by atoms with van der Waals surface area (Å²) in [5, 5.41) is 1.05. The monoisotopic (exact) mass is 202 g/mol. The fraction of sp³-hybridized carbons (Fsp3) is 0.182. The minimum atomic E-state index is 0.502. The van der Waals surface area contributed by atoms with Crippen LogP contribution in [0.4, 0.5) is 5.69 Å². The van der Waals surface area contributed by atoms with E-state index in [2.05, 4.69) is 4.99 Å². The Morgan fingerprint density at radius 2 is 2.27 bits per heavy atom. The number of isocyanates is 1. The second-order valence-corrected chi connectivity index (χ2v) is 3.21. The molecule has 4 nitrogen and oxygen atoms in total. The van der Waals surface area contributed by atoms with E-state index in [1.165, 1.54) is 6.08 Å². The predicted molar refractivity (Wildman–Crippen MR) is 57.3 cm³/mol. The molecule has 1 aromatic heterocycles. The molecular weight excluding hydrogens is 192 g/mol. The van der Waals surface area contributed by atoms with Crippen molar-refractivity contribution in [1.29, 1.82) is 0 Å². The average Bonchev–Trinajstić information content (AvgIpc) is 2.60. The smallest absolute Gasteiger partial charge is 0.240 e. The summed E-state index contributed by atoms with van der Waals surface area (Å²) in [5.41, 5.74) is 1.51. The van der Waals surface area contributed by atoms with E-state index >= 15 is 0 Å². The summed E-state index contributed by atoms with van der Waals surface area (Å²) in [6.45, 7) is 0. The second-order valence-electron chi connectivity index (χ2n) is 3.21. The lowest BCUT2D eigenvalue weighted by Gasteiger charge is -2.04. The summed E-state index contributed by atoms with van der Waals surface area (Å²) in [5.74, 6) is 0.581. The van der Waals surface area contributed by atoms with E-state index in [4.69, 9.17) is 4.74 Å². The van der Waals surface area contributed by atoms with Crippen LogP contribution in [0.5, 0.6) is 5.75 Å². The zero-order chi connectivity index (χ0) is 10.8. The Morgan fingerprint density at radius 1 is 1.47 bits per heavy atom. The molecule has 0 spiro atoms. The molecule has 4 heteroatoms. The van der Waals surface area contributed by atoms with Crippen LogP contribution in [0.1, 0.15) is 0 Å². The Morgan fingerprint density at radius 3 is 2.93 bits per heavy atom. The normalized spacial score (nSPS) is 10.0. The Kier molecular flexibility index (Phi) is 2.27. The summed E-state index contributed by atoms with van der Waals surface area (Å²) in [7, 11) is 3.48. The molecule has 0 aliphatic carbocycles. The largest absolute Gasteiger partial charge is 0.494 e. The molecule has 0 atom stereocenters. The first kappa shape index (κ1) is 9.49. The van der Waals surface area contributed by atoms with Crippen molar-refractivity contribution in [3.05, 3.63) is 24.4 Å². The highest BCUT2D eigenvalue weighted by Gasteiger charge is 2.06. The molecule has 0 fully saturated rings. The topological polar surface area (TPSA) is 43.6 Å². The van der Waals surface area contributed by atoms with E-state index in [1.54, 1.807) is 13.2 Å². The van der Waals surface area contributed by atoms with E-state index < -0.39 is 0 Å². The third-order valence-corrected chi connectivity index (χ3v) is 2.35. The van der Waals surface area contributed by atoms with Gasteiger partial charge < -0.3 is 9.30 Å². The van der Waals surface area contributed by atoms with Gasteiger partial charge in [-0.05, 0) is 18.2 Å². The molecule has 1 aromatic carbocycles. The van der Waals surface area contributed by atoms with Crippen molar-refractivity contribution in [3.8, 4) is 5.75 Å². The third-order valence-electron chi connectivity index (χ3n) is 2.35. The Balaban J connectivity index is 2.76. The number of aliphatic imine (C=N–C) groups is 1. The Bertz CT molecular complexity index is 551. The van der Waals surface area contributed by atoms with Crippen molar-refractivity contribution in [2.75, 3.05) is 7.11 Å². The highest BCUT2D eigenvalue weighted by atomic mass is 16.5. The zero-order valence-corrected chi connectivity index (χ0v) is 8.52. The first-order valence-electron chi connectivity index (χ1n) is 4.47. The van der Waals surface area contributed by atoms with Gasteiger partial charge in [-0.25, -0.2) is 4.79 Å². The van der Waals surface area contributed by atoms with Gasteiger partial charge in [-0.1, -0.05) is 0 Å². The van der Waals surface area contributed by atoms with Crippen LogP contribution in [0, 0.1) is 0 Å². The van der Waals surface area contributed by atoms with Crippen LogP contribution in [0.15, 0.2) is 29.4 Å². The van der Waals surface area contributed by atoms with Gasteiger partial charge >= 0.3 is 0 Å². The van der Waals surface area contributed by atoms with Gasteiger partial charge in [0, 0.05) is 18.6 Å². The van der Waals surface area contributed by atoms with Crippen LogP contribution in [0.3, 0.4) is 0 Å². The van der Waals surface area contributed by atoms with E-state index in [-0.39, 0.29) is 0 Å². The Hall–Kier alpha value is -2.06. The highest BCUT2D eigenvalue weighted by molar-refractivity contribution is 5.86. The average molecular weight is 202 g/mol. The summed E-state index contributed by atoms with van der Waals surface area (Å²) >= 11 is 0. The van der Waals surface area contributed by atoms with Crippen LogP contribution >= 0.6 is 0 Å². The summed E-state index contributed by atoms with van der Waals surface area (Å²) in [6, 6.07) is 5.64. The molecule has 15 heavy (non-hydrogen) atoms. The van der Waals surface area contributed by atoms with E-state index in [0.29, 0.717) is 11.4 Å². The van der Waals surface area contributed by atoms with Gasteiger partial charge in [0.25, 0.3) is 0 Å². The number of ether oxygens (including phenoxy) is 1. The number of hydrogen-bond acceptors (Lipinski definition) is 3. The number of aromatic nitrogens is 1. The molecule has 0 aliphatic heterocycles. The second kappa shape index (κ2) is 3.59. The lowest BCUT2D eigenvalue weighted by Crippen LogP contribution is -1.86. The van der Waals surface area contributed by atoms with Gasteiger partial charge in [-0.3, -0.25) is 0 Å². The van der Waals surface area contributed by atoms with Crippen LogP contribution < -0.4 is 4.74 Å². The third kappa shape index (κ3) is 1.51. The molecule has 0 bridgehead atoms. The summed E-state index contributed by atoms with van der Waals surface area (Å²) in [4.78, 5) is 13.9. The highest BCUT2D eigenvalue weighted by Crippen LogP contribution is 2.32. The molecule has 76 valence electrons. The minimum Gasteiger partial charge on any atom is -0.494 e. The van der Waals surface area contributed by atoms with Crippen LogP contribution in [0.25, 0.3) is 10.9 Å². The van der Waals surface area contributed by atoms with E-state index in [0.717, 1.165) is 10.9 Å². The number of carbonyl (C=O) groups excluding carboxylic acids is 1. The number of rotatable bonds is 2. The molecule has 1 heterocycles. The molecule has 2 rings (SSSR count). The Labute approximate surface area is 86.8 Å². The van der Waals surface area contributed by atoms with Crippen molar-refractivity contribution in [2.45, 2.75) is 0 Å². The first-order valence-corrected chi connectivity index (χ1v) is 4.47. The summed E-state index contributed by atoms with van der Waals surface area (Å²) < 4.78 is 7.09. The quantitative estimate of drug-likeness (QED) is 0.553. The maximum atomic E-state index is 10.2. The van der Waals surface area contributed by atoms with Crippen molar-refractivity contribution >= 4 is 22.7 Å². The first-order chi connectivity index (χ1) is 7.26. The molecule has 0 radical (unpaired) electrons. The summed E-state index contributed by atoms with van der Waals surface area (Å²) in [6.07, 6.45) is 3.46. The zero-order valence-electron chi connectivity index (χ0n) is 8.52. The molecule has 0 aliphatic rings. The predicted octanol–water partition coefficient (Wildman–Crippen LogP) is 2.15. The van der Waals surface area contributed by atoms with Gasteiger partial charge in [0.2, 0.25) is 6.08 Å². The number of benzene rings is 1. The van der Waals surface area contributed by atoms with Crippen LogP contribution in [-0.4, -0.2) is 17.8 Å². The number of aryl methyl sites for hydroxylation is 1. The van der Waals surface area contributed by atoms with Crippen molar-refractivity contribution in [2.24, 2.45) is 12.0 Å². The van der Waals surface area contributed by atoms with E-state index in [1.807, 2.05) is 29.9 Å². The number of nitrogens with zero attached hydrogens (tertiary/aromatic N) is 2. The molecule has 2 aromatic rings. The van der Waals surface area contributed by atoms with Crippen molar-refractivity contribution < 1.29 is 9.53 Å². The molecule has 0 saturated carbocycles. The maximum Gasteiger partial charge on any atom is 0.240 e. The molecule has 0 amide bonds. The minimum absolute atomic E-state index is 0.502. The lowest BCUT2D eigenvalue weighted by molar-refractivity contribution is 0.416. The van der Waals surface area contributed by atoms with Crippen molar-refractivity contribution in [1.82, 2.24) is 4.57 Å². The number of methoxy groups -OCH3 is 1. The lowest BCUT2D eigenvalue weighted by atomic mass is 10.2. The fourth-order valence-corrected chi connectivity index (χ4v) is 1.58. The van der Waals surface area contributed by atoms with Gasteiger partial charge in [0.1, 0.15) is 11.4 Å².